The minimum atomic E-state index is 0.641. The van der Waals surface area contributed by atoms with Gasteiger partial charge in [-0.25, -0.2) is 0 Å². The van der Waals surface area contributed by atoms with E-state index in [2.05, 4.69) is 61.8 Å². The first-order chi connectivity index (χ1) is 11.0. The van der Waals surface area contributed by atoms with E-state index in [4.69, 9.17) is 0 Å². The molecule has 1 aliphatic heterocycles. The van der Waals surface area contributed by atoms with Gasteiger partial charge in [0.25, 0.3) is 0 Å². The number of hydrogen-bond acceptors (Lipinski definition) is 2. The lowest BCUT2D eigenvalue weighted by Crippen LogP contribution is -2.50. The molecule has 1 aromatic carbocycles. The van der Waals surface area contributed by atoms with Crippen molar-refractivity contribution in [2.24, 2.45) is 5.92 Å². The van der Waals surface area contributed by atoms with Crippen LogP contribution < -0.4 is 0 Å². The molecule has 23 heavy (non-hydrogen) atoms. The molecule has 1 aromatic rings. The fraction of sp³-hybridized carbons (Fsp3) is 0.714. The van der Waals surface area contributed by atoms with E-state index in [1.54, 1.807) is 5.56 Å². The van der Waals surface area contributed by atoms with Crippen molar-refractivity contribution in [3.63, 3.8) is 0 Å². The average Bonchev–Trinajstić information content (AvgIpc) is 2.51. The van der Waals surface area contributed by atoms with Crippen molar-refractivity contribution in [3.05, 3.63) is 35.4 Å². The van der Waals surface area contributed by atoms with Crippen molar-refractivity contribution in [2.75, 3.05) is 32.7 Å². The van der Waals surface area contributed by atoms with Gasteiger partial charge in [-0.15, -0.1) is 0 Å². The molecule has 1 aliphatic carbocycles. The fourth-order valence-electron chi connectivity index (χ4n) is 4.14. The van der Waals surface area contributed by atoms with Gasteiger partial charge in [-0.1, -0.05) is 38.1 Å². The molecule has 128 valence electrons. The summed E-state index contributed by atoms with van der Waals surface area (Å²) in [6.07, 6.45) is 2.79. The Balaban J connectivity index is 1.41. The highest BCUT2D eigenvalue weighted by Gasteiger charge is 2.32. The van der Waals surface area contributed by atoms with Crippen molar-refractivity contribution in [1.29, 1.82) is 0 Å². The molecule has 0 N–H and O–H groups in total. The molecule has 0 radical (unpaired) electrons. The third kappa shape index (κ3) is 4.16. The first-order valence-corrected chi connectivity index (χ1v) is 9.59. The lowest BCUT2D eigenvalue weighted by molar-refractivity contribution is 0.0787. The van der Waals surface area contributed by atoms with E-state index in [0.717, 1.165) is 11.8 Å². The summed E-state index contributed by atoms with van der Waals surface area (Å²) in [5, 5.41) is 0. The summed E-state index contributed by atoms with van der Waals surface area (Å²) < 4.78 is 0. The number of nitrogens with zero attached hydrogens (tertiary/aromatic N) is 2. The SMILES string of the molecule is CC(C)c1ccc(C2CC(CN3CCN(C(C)C)CC3)C2)cc1. The Bertz CT molecular complexity index is 477. The predicted molar refractivity (Wildman–Crippen MR) is 99.1 cm³/mol. The van der Waals surface area contributed by atoms with Gasteiger partial charge in [-0.2, -0.15) is 0 Å². The summed E-state index contributed by atoms with van der Waals surface area (Å²) in [4.78, 5) is 5.30. The van der Waals surface area contributed by atoms with Gasteiger partial charge >= 0.3 is 0 Å². The normalized spacial score (nSPS) is 26.7. The topological polar surface area (TPSA) is 6.48 Å². The molecule has 1 saturated carbocycles. The number of hydrogen-bond donors (Lipinski definition) is 0. The van der Waals surface area contributed by atoms with Crippen molar-refractivity contribution in [2.45, 2.75) is 58.4 Å². The van der Waals surface area contributed by atoms with Gasteiger partial charge in [0.1, 0.15) is 0 Å². The maximum atomic E-state index is 2.70. The van der Waals surface area contributed by atoms with Gasteiger partial charge in [0, 0.05) is 38.8 Å². The van der Waals surface area contributed by atoms with Crippen LogP contribution in [0, 0.1) is 5.92 Å². The van der Waals surface area contributed by atoms with Crippen LogP contribution in [0.15, 0.2) is 24.3 Å². The molecule has 0 bridgehead atoms. The molecular formula is C21H34N2. The van der Waals surface area contributed by atoms with Gasteiger partial charge in [0.05, 0.1) is 0 Å². The molecule has 3 rings (SSSR count). The highest BCUT2D eigenvalue weighted by atomic mass is 15.3. The summed E-state index contributed by atoms with van der Waals surface area (Å²) in [6, 6.07) is 10.1. The maximum Gasteiger partial charge on any atom is 0.0113 e. The Morgan fingerprint density at radius 3 is 2.04 bits per heavy atom. The summed E-state index contributed by atoms with van der Waals surface area (Å²) in [7, 11) is 0. The van der Waals surface area contributed by atoms with E-state index in [1.165, 1.54) is 51.1 Å². The molecule has 2 nitrogen and oxygen atoms in total. The maximum absolute atomic E-state index is 2.70. The molecule has 1 saturated heterocycles. The Kier molecular flexibility index (Phi) is 5.43. The van der Waals surface area contributed by atoms with Gasteiger partial charge in [-0.3, -0.25) is 4.90 Å². The molecule has 0 amide bonds. The van der Waals surface area contributed by atoms with Crippen molar-refractivity contribution < 1.29 is 0 Å². The molecule has 0 spiro atoms. The van der Waals surface area contributed by atoms with E-state index < -0.39 is 0 Å². The molecular weight excluding hydrogens is 280 g/mol. The lowest BCUT2D eigenvalue weighted by Gasteiger charge is -2.42. The third-order valence-corrected chi connectivity index (χ3v) is 5.96. The number of benzene rings is 1. The summed E-state index contributed by atoms with van der Waals surface area (Å²) in [5.74, 6) is 2.39. The largest absolute Gasteiger partial charge is 0.301 e. The highest BCUT2D eigenvalue weighted by Crippen LogP contribution is 2.42. The van der Waals surface area contributed by atoms with Crippen LogP contribution >= 0.6 is 0 Å². The van der Waals surface area contributed by atoms with Crippen molar-refractivity contribution in [1.82, 2.24) is 9.80 Å². The van der Waals surface area contributed by atoms with Gasteiger partial charge in [-0.05, 0) is 55.6 Å². The fourth-order valence-corrected chi connectivity index (χ4v) is 4.14. The van der Waals surface area contributed by atoms with E-state index in [1.807, 2.05) is 0 Å². The first-order valence-electron chi connectivity index (χ1n) is 9.59. The van der Waals surface area contributed by atoms with Gasteiger partial charge in [0.15, 0.2) is 0 Å². The minimum absolute atomic E-state index is 0.641. The van der Waals surface area contributed by atoms with Gasteiger partial charge < -0.3 is 4.90 Å². The Morgan fingerprint density at radius 2 is 1.52 bits per heavy atom. The highest BCUT2D eigenvalue weighted by molar-refractivity contribution is 5.28. The minimum Gasteiger partial charge on any atom is -0.301 e. The predicted octanol–water partition coefficient (Wildman–Crippen LogP) is 4.33. The van der Waals surface area contributed by atoms with Crippen LogP contribution in [0.3, 0.4) is 0 Å². The van der Waals surface area contributed by atoms with Crippen LogP contribution in [0.5, 0.6) is 0 Å². The zero-order valence-electron chi connectivity index (χ0n) is 15.5. The second kappa shape index (κ2) is 7.36. The van der Waals surface area contributed by atoms with Crippen LogP contribution in [0.25, 0.3) is 0 Å². The van der Waals surface area contributed by atoms with E-state index in [-0.39, 0.29) is 0 Å². The second-order valence-electron chi connectivity index (χ2n) is 8.29. The number of piperazine rings is 1. The Morgan fingerprint density at radius 1 is 0.913 bits per heavy atom. The van der Waals surface area contributed by atoms with Crippen LogP contribution in [0.4, 0.5) is 0 Å². The Hall–Kier alpha value is -0.860. The van der Waals surface area contributed by atoms with Gasteiger partial charge in [0.2, 0.25) is 0 Å². The molecule has 0 atom stereocenters. The molecule has 2 aliphatic rings. The summed E-state index contributed by atoms with van der Waals surface area (Å²) in [5.41, 5.74) is 3.03. The van der Waals surface area contributed by atoms with Crippen molar-refractivity contribution >= 4 is 0 Å². The standard InChI is InChI=1S/C21H34N2/c1-16(2)19-5-7-20(8-6-19)21-13-18(14-21)15-22-9-11-23(12-10-22)17(3)4/h5-8,16-18,21H,9-15H2,1-4H3. The zero-order chi connectivity index (χ0) is 16.4. The van der Waals surface area contributed by atoms with E-state index in [0.29, 0.717) is 12.0 Å². The third-order valence-electron chi connectivity index (χ3n) is 5.96. The first kappa shape index (κ1) is 17.0. The monoisotopic (exact) mass is 314 g/mol. The molecule has 0 unspecified atom stereocenters. The van der Waals surface area contributed by atoms with Crippen molar-refractivity contribution in [3.8, 4) is 0 Å². The van der Waals surface area contributed by atoms with Crippen LogP contribution in [0.1, 0.15) is 63.5 Å². The van der Waals surface area contributed by atoms with Crippen LogP contribution in [-0.4, -0.2) is 48.6 Å². The second-order valence-corrected chi connectivity index (χ2v) is 8.29. The summed E-state index contributed by atoms with van der Waals surface area (Å²) in [6.45, 7) is 15.5. The Labute approximate surface area is 142 Å². The smallest absolute Gasteiger partial charge is 0.0113 e. The van der Waals surface area contributed by atoms with Crippen LogP contribution in [-0.2, 0) is 0 Å². The summed E-state index contributed by atoms with van der Waals surface area (Å²) >= 11 is 0. The lowest BCUT2D eigenvalue weighted by atomic mass is 9.71. The molecule has 2 heteroatoms. The number of rotatable bonds is 5. The molecule has 0 aromatic heterocycles. The van der Waals surface area contributed by atoms with E-state index >= 15 is 0 Å². The molecule has 2 fully saturated rings. The average molecular weight is 315 g/mol. The van der Waals surface area contributed by atoms with Crippen LogP contribution in [0.2, 0.25) is 0 Å². The quantitative estimate of drug-likeness (QED) is 0.798. The van der Waals surface area contributed by atoms with E-state index in [9.17, 15) is 0 Å². The zero-order valence-corrected chi connectivity index (χ0v) is 15.5. The molecule has 1 heterocycles.